The summed E-state index contributed by atoms with van der Waals surface area (Å²) in [6.45, 7) is 6.66. The van der Waals surface area contributed by atoms with E-state index in [1.165, 1.54) is 16.8 Å². The summed E-state index contributed by atoms with van der Waals surface area (Å²) in [6.07, 6.45) is 0.974. The summed E-state index contributed by atoms with van der Waals surface area (Å²) < 4.78 is 32.5. The van der Waals surface area contributed by atoms with Crippen molar-refractivity contribution in [1.82, 2.24) is 4.31 Å². The third kappa shape index (κ3) is 3.57. The first-order valence-corrected chi connectivity index (χ1v) is 10.4. The molecule has 1 aliphatic heterocycles. The van der Waals surface area contributed by atoms with Gasteiger partial charge in [0.2, 0.25) is 10.0 Å². The van der Waals surface area contributed by atoms with Gasteiger partial charge in [-0.2, -0.15) is 4.31 Å². The standard InChI is InChI=1S/C20H26N2O3S/c1-4-17-7-5-6-16(2)20(17)21-12-14-22(15-13-21)26(23,24)19-10-8-18(25-3)9-11-19/h5-11H,4,12-15H2,1-3H3. The van der Waals surface area contributed by atoms with Crippen LogP contribution < -0.4 is 9.64 Å². The highest BCUT2D eigenvalue weighted by atomic mass is 32.2. The largest absolute Gasteiger partial charge is 0.497 e. The average molecular weight is 375 g/mol. The lowest BCUT2D eigenvalue weighted by molar-refractivity contribution is 0.384. The number of hydrogen-bond acceptors (Lipinski definition) is 4. The van der Waals surface area contributed by atoms with E-state index in [1.54, 1.807) is 35.7 Å². The van der Waals surface area contributed by atoms with Crippen molar-refractivity contribution in [3.63, 3.8) is 0 Å². The zero-order chi connectivity index (χ0) is 18.7. The predicted octanol–water partition coefficient (Wildman–Crippen LogP) is 3.08. The third-order valence-electron chi connectivity index (χ3n) is 4.95. The van der Waals surface area contributed by atoms with Gasteiger partial charge in [-0.25, -0.2) is 8.42 Å². The molecule has 0 unspecified atom stereocenters. The molecule has 1 fully saturated rings. The van der Waals surface area contributed by atoms with Crippen molar-refractivity contribution in [2.24, 2.45) is 0 Å². The Balaban J connectivity index is 1.76. The van der Waals surface area contributed by atoms with Gasteiger partial charge in [0.05, 0.1) is 12.0 Å². The molecule has 6 heteroatoms. The van der Waals surface area contributed by atoms with Crippen molar-refractivity contribution in [1.29, 1.82) is 0 Å². The number of aryl methyl sites for hydroxylation is 2. The summed E-state index contributed by atoms with van der Waals surface area (Å²) in [4.78, 5) is 2.63. The summed E-state index contributed by atoms with van der Waals surface area (Å²) in [5, 5.41) is 0. The summed E-state index contributed by atoms with van der Waals surface area (Å²) in [6, 6.07) is 12.9. The highest BCUT2D eigenvalue weighted by molar-refractivity contribution is 7.89. The van der Waals surface area contributed by atoms with Crippen LogP contribution in [0, 0.1) is 6.92 Å². The van der Waals surface area contributed by atoms with Gasteiger partial charge in [-0.3, -0.25) is 0 Å². The van der Waals surface area contributed by atoms with Crippen molar-refractivity contribution in [3.8, 4) is 5.75 Å². The molecule has 0 saturated carbocycles. The SMILES string of the molecule is CCc1cccc(C)c1N1CCN(S(=O)(=O)c2ccc(OC)cc2)CC1. The smallest absolute Gasteiger partial charge is 0.243 e. The Bertz CT molecular complexity index is 855. The van der Waals surface area contributed by atoms with Crippen LogP contribution in [0.1, 0.15) is 18.1 Å². The van der Waals surface area contributed by atoms with Crippen LogP contribution in [0.3, 0.4) is 0 Å². The Kier molecular flexibility index (Phi) is 5.53. The van der Waals surface area contributed by atoms with Gasteiger partial charge in [0.25, 0.3) is 0 Å². The van der Waals surface area contributed by atoms with E-state index in [4.69, 9.17) is 4.74 Å². The molecule has 0 amide bonds. The Labute approximate surface area is 156 Å². The van der Waals surface area contributed by atoms with Crippen molar-refractivity contribution in [2.45, 2.75) is 25.2 Å². The molecule has 0 atom stereocenters. The summed E-state index contributed by atoms with van der Waals surface area (Å²) in [5.74, 6) is 0.653. The van der Waals surface area contributed by atoms with Crippen molar-refractivity contribution < 1.29 is 13.2 Å². The van der Waals surface area contributed by atoms with Gasteiger partial charge in [0.15, 0.2) is 0 Å². The highest BCUT2D eigenvalue weighted by Crippen LogP contribution is 2.28. The first kappa shape index (κ1) is 18.7. The molecule has 0 aromatic heterocycles. The number of benzene rings is 2. The number of sulfonamides is 1. The van der Waals surface area contributed by atoms with Crippen molar-refractivity contribution in [2.75, 3.05) is 38.2 Å². The molecule has 1 heterocycles. The topological polar surface area (TPSA) is 49.9 Å². The van der Waals surface area contributed by atoms with E-state index in [2.05, 4.69) is 36.9 Å². The van der Waals surface area contributed by atoms with E-state index >= 15 is 0 Å². The summed E-state index contributed by atoms with van der Waals surface area (Å²) >= 11 is 0. The Morgan fingerprint density at radius 2 is 1.65 bits per heavy atom. The van der Waals surface area contributed by atoms with Gasteiger partial charge < -0.3 is 9.64 Å². The number of piperazine rings is 1. The minimum absolute atomic E-state index is 0.317. The van der Waals surface area contributed by atoms with Crippen LogP contribution in [-0.2, 0) is 16.4 Å². The maximum atomic E-state index is 12.9. The number of anilines is 1. The monoisotopic (exact) mass is 374 g/mol. The van der Waals surface area contributed by atoms with Crippen LogP contribution >= 0.6 is 0 Å². The Morgan fingerprint density at radius 1 is 1.00 bits per heavy atom. The minimum Gasteiger partial charge on any atom is -0.497 e. The van der Waals surface area contributed by atoms with Crippen LogP contribution in [0.5, 0.6) is 5.75 Å². The lowest BCUT2D eigenvalue weighted by atomic mass is 10.0. The van der Waals surface area contributed by atoms with E-state index in [0.29, 0.717) is 36.8 Å². The summed E-state index contributed by atoms with van der Waals surface area (Å²) in [7, 11) is -1.90. The van der Waals surface area contributed by atoms with Crippen LogP contribution in [0.15, 0.2) is 47.4 Å². The number of rotatable bonds is 5. The Hall–Kier alpha value is -2.05. The number of ether oxygens (including phenoxy) is 1. The molecule has 1 aliphatic rings. The van der Waals surface area contributed by atoms with Crippen molar-refractivity contribution in [3.05, 3.63) is 53.6 Å². The molecule has 2 aromatic carbocycles. The van der Waals surface area contributed by atoms with E-state index in [-0.39, 0.29) is 0 Å². The first-order valence-electron chi connectivity index (χ1n) is 8.95. The van der Waals surface area contributed by atoms with Crippen LogP contribution in [0.2, 0.25) is 0 Å². The van der Waals surface area contributed by atoms with Gasteiger partial charge in [-0.05, 0) is 48.7 Å². The van der Waals surface area contributed by atoms with Gasteiger partial charge in [-0.1, -0.05) is 25.1 Å². The molecule has 1 saturated heterocycles. The maximum absolute atomic E-state index is 12.9. The predicted molar refractivity (Wildman–Crippen MR) is 105 cm³/mol. The van der Waals surface area contributed by atoms with Gasteiger partial charge in [0, 0.05) is 31.9 Å². The lowest BCUT2D eigenvalue weighted by Crippen LogP contribution is -2.49. The zero-order valence-electron chi connectivity index (χ0n) is 15.6. The van der Waals surface area contributed by atoms with Gasteiger partial charge in [0.1, 0.15) is 5.75 Å². The second kappa shape index (κ2) is 7.68. The quantitative estimate of drug-likeness (QED) is 0.807. The van der Waals surface area contributed by atoms with Crippen molar-refractivity contribution >= 4 is 15.7 Å². The van der Waals surface area contributed by atoms with E-state index in [1.807, 2.05) is 0 Å². The van der Waals surface area contributed by atoms with E-state index < -0.39 is 10.0 Å². The highest BCUT2D eigenvalue weighted by Gasteiger charge is 2.29. The van der Waals surface area contributed by atoms with Gasteiger partial charge in [-0.15, -0.1) is 0 Å². The van der Waals surface area contributed by atoms with Crippen LogP contribution in [0.4, 0.5) is 5.69 Å². The number of nitrogens with zero attached hydrogens (tertiary/aromatic N) is 2. The lowest BCUT2D eigenvalue weighted by Gasteiger charge is -2.37. The normalized spacial score (nSPS) is 15.9. The number of para-hydroxylation sites is 1. The molecule has 0 spiro atoms. The second-order valence-corrected chi connectivity index (χ2v) is 8.44. The number of hydrogen-bond donors (Lipinski definition) is 0. The zero-order valence-corrected chi connectivity index (χ0v) is 16.4. The molecule has 2 aromatic rings. The van der Waals surface area contributed by atoms with Crippen LogP contribution in [-0.4, -0.2) is 46.0 Å². The molecule has 0 radical (unpaired) electrons. The molecule has 26 heavy (non-hydrogen) atoms. The second-order valence-electron chi connectivity index (χ2n) is 6.50. The molecule has 0 N–H and O–H groups in total. The third-order valence-corrected chi connectivity index (χ3v) is 6.87. The fourth-order valence-electron chi connectivity index (χ4n) is 3.51. The molecule has 3 rings (SSSR count). The molecular weight excluding hydrogens is 348 g/mol. The van der Waals surface area contributed by atoms with Gasteiger partial charge >= 0.3 is 0 Å². The summed E-state index contributed by atoms with van der Waals surface area (Å²) in [5.41, 5.74) is 3.82. The fourth-order valence-corrected chi connectivity index (χ4v) is 4.93. The molecule has 5 nitrogen and oxygen atoms in total. The van der Waals surface area contributed by atoms with E-state index in [9.17, 15) is 8.42 Å². The Morgan fingerprint density at radius 3 is 2.23 bits per heavy atom. The minimum atomic E-state index is -3.47. The fraction of sp³-hybridized carbons (Fsp3) is 0.400. The number of methoxy groups -OCH3 is 1. The molecular formula is C20H26N2O3S. The molecule has 140 valence electrons. The molecule has 0 aliphatic carbocycles. The first-order chi connectivity index (χ1) is 12.5. The molecule has 0 bridgehead atoms. The van der Waals surface area contributed by atoms with Crippen LogP contribution in [0.25, 0.3) is 0 Å². The van der Waals surface area contributed by atoms with E-state index in [0.717, 1.165) is 6.42 Å². The maximum Gasteiger partial charge on any atom is 0.243 e. The average Bonchev–Trinajstić information content (AvgIpc) is 2.68.